The number of fused-ring (bicyclic) bond motifs is 1. The quantitative estimate of drug-likeness (QED) is 0.907. The zero-order valence-corrected chi connectivity index (χ0v) is 13.2. The molecule has 21 heavy (non-hydrogen) atoms. The number of aromatic carboxylic acids is 1. The van der Waals surface area contributed by atoms with E-state index >= 15 is 0 Å². The molecule has 112 valence electrons. The minimum atomic E-state index is -0.899. The van der Waals surface area contributed by atoms with E-state index < -0.39 is 5.97 Å². The summed E-state index contributed by atoms with van der Waals surface area (Å²) in [5, 5.41) is 13.6. The molecule has 0 bridgehead atoms. The first-order valence-corrected chi connectivity index (χ1v) is 8.04. The fourth-order valence-electron chi connectivity index (χ4n) is 3.13. The van der Waals surface area contributed by atoms with E-state index in [2.05, 4.69) is 29.1 Å². The van der Waals surface area contributed by atoms with Crippen LogP contribution in [0.15, 0.2) is 6.33 Å². The third kappa shape index (κ3) is 2.37. The van der Waals surface area contributed by atoms with E-state index in [4.69, 9.17) is 0 Å². The van der Waals surface area contributed by atoms with Crippen LogP contribution in [0, 0.1) is 18.8 Å². The molecule has 0 aliphatic heterocycles. The summed E-state index contributed by atoms with van der Waals surface area (Å²) in [4.78, 5) is 20.9. The van der Waals surface area contributed by atoms with Gasteiger partial charge in [-0.1, -0.05) is 13.8 Å². The van der Waals surface area contributed by atoms with Gasteiger partial charge < -0.3 is 10.4 Å². The molecule has 1 aliphatic rings. The molecular weight excluding hydrogens is 286 g/mol. The molecule has 2 aromatic rings. The van der Waals surface area contributed by atoms with Gasteiger partial charge in [0.2, 0.25) is 0 Å². The van der Waals surface area contributed by atoms with Gasteiger partial charge in [-0.25, -0.2) is 14.8 Å². The summed E-state index contributed by atoms with van der Waals surface area (Å²) >= 11 is 1.21. The van der Waals surface area contributed by atoms with E-state index in [0.717, 1.165) is 28.0 Å². The lowest BCUT2D eigenvalue weighted by atomic mass is 9.98. The SMILES string of the molecule is Cc1c(C(=O)O)sc2ncnc(NC3CCC(C)C3C)c12. The van der Waals surface area contributed by atoms with Crippen molar-refractivity contribution < 1.29 is 9.90 Å². The number of thiophene rings is 1. The maximum absolute atomic E-state index is 11.3. The van der Waals surface area contributed by atoms with Crippen molar-refractivity contribution in [2.24, 2.45) is 11.8 Å². The Morgan fingerprint density at radius 1 is 1.38 bits per heavy atom. The normalized spacial score (nSPS) is 25.4. The maximum Gasteiger partial charge on any atom is 0.346 e. The minimum Gasteiger partial charge on any atom is -0.477 e. The first-order chi connectivity index (χ1) is 9.99. The van der Waals surface area contributed by atoms with Gasteiger partial charge in [-0.3, -0.25) is 0 Å². The number of nitrogens with zero attached hydrogens (tertiary/aromatic N) is 2. The van der Waals surface area contributed by atoms with Gasteiger partial charge in [-0.05, 0) is 37.2 Å². The second kappa shape index (κ2) is 5.26. The number of rotatable bonds is 3. The van der Waals surface area contributed by atoms with E-state index in [1.165, 1.54) is 24.1 Å². The lowest BCUT2D eigenvalue weighted by Gasteiger charge is -2.20. The van der Waals surface area contributed by atoms with Gasteiger partial charge in [0.25, 0.3) is 0 Å². The molecule has 0 aromatic carbocycles. The van der Waals surface area contributed by atoms with Crippen molar-refractivity contribution in [1.29, 1.82) is 0 Å². The molecule has 1 saturated carbocycles. The van der Waals surface area contributed by atoms with Crippen LogP contribution >= 0.6 is 11.3 Å². The molecule has 0 amide bonds. The number of hydrogen-bond donors (Lipinski definition) is 2. The van der Waals surface area contributed by atoms with Gasteiger partial charge in [-0.15, -0.1) is 11.3 Å². The van der Waals surface area contributed by atoms with Crippen LogP contribution in [0.25, 0.3) is 10.2 Å². The van der Waals surface area contributed by atoms with Crippen LogP contribution in [0.1, 0.15) is 41.9 Å². The second-order valence-corrected chi connectivity index (χ2v) is 6.93. The Hall–Kier alpha value is -1.69. The van der Waals surface area contributed by atoms with Gasteiger partial charge >= 0.3 is 5.97 Å². The molecule has 3 unspecified atom stereocenters. The van der Waals surface area contributed by atoms with E-state index in [1.54, 1.807) is 0 Å². The van der Waals surface area contributed by atoms with Crippen molar-refractivity contribution in [3.63, 3.8) is 0 Å². The van der Waals surface area contributed by atoms with E-state index in [1.807, 2.05) is 6.92 Å². The summed E-state index contributed by atoms with van der Waals surface area (Å²) in [6.45, 7) is 6.37. The summed E-state index contributed by atoms with van der Waals surface area (Å²) in [5.41, 5.74) is 0.754. The number of carbonyl (C=O) groups is 1. The van der Waals surface area contributed by atoms with E-state index in [-0.39, 0.29) is 0 Å². The molecule has 0 saturated heterocycles. The summed E-state index contributed by atoms with van der Waals surface area (Å²) < 4.78 is 0. The highest BCUT2D eigenvalue weighted by atomic mass is 32.1. The summed E-state index contributed by atoms with van der Waals surface area (Å²) in [6.07, 6.45) is 3.86. The number of aryl methyl sites for hydroxylation is 1. The average molecular weight is 305 g/mol. The van der Waals surface area contributed by atoms with Crippen LogP contribution in [-0.2, 0) is 0 Å². The Morgan fingerprint density at radius 2 is 2.14 bits per heavy atom. The van der Waals surface area contributed by atoms with Crippen LogP contribution in [0.5, 0.6) is 0 Å². The molecule has 2 heterocycles. The van der Waals surface area contributed by atoms with Crippen molar-refractivity contribution in [1.82, 2.24) is 9.97 Å². The number of carboxylic acids is 1. The maximum atomic E-state index is 11.3. The largest absolute Gasteiger partial charge is 0.477 e. The highest BCUT2D eigenvalue weighted by molar-refractivity contribution is 7.20. The molecule has 0 spiro atoms. The van der Waals surface area contributed by atoms with Crippen molar-refractivity contribution in [2.45, 2.75) is 39.7 Å². The molecule has 2 N–H and O–H groups in total. The number of carboxylic acid groups (broad SMARTS) is 1. The third-order valence-electron chi connectivity index (χ3n) is 4.71. The van der Waals surface area contributed by atoms with Crippen LogP contribution in [0.3, 0.4) is 0 Å². The van der Waals surface area contributed by atoms with Gasteiger partial charge in [0.05, 0.1) is 5.39 Å². The lowest BCUT2D eigenvalue weighted by molar-refractivity contribution is 0.0701. The smallest absolute Gasteiger partial charge is 0.346 e. The summed E-state index contributed by atoms with van der Waals surface area (Å²) in [6, 6.07) is 0.394. The van der Waals surface area contributed by atoms with Crippen LogP contribution in [0.4, 0.5) is 5.82 Å². The standard InChI is InChI=1S/C15H19N3O2S/c1-7-4-5-10(8(7)2)18-13-11-9(3)12(15(19)20)21-14(11)17-6-16-13/h6-8,10H,4-5H2,1-3H3,(H,19,20)(H,16,17,18). The fourth-order valence-corrected chi connectivity index (χ4v) is 4.12. The molecular formula is C15H19N3O2S. The first-order valence-electron chi connectivity index (χ1n) is 7.23. The zero-order chi connectivity index (χ0) is 15.1. The number of aromatic nitrogens is 2. The Balaban J connectivity index is 2.01. The van der Waals surface area contributed by atoms with Crippen LogP contribution < -0.4 is 5.32 Å². The molecule has 2 aromatic heterocycles. The van der Waals surface area contributed by atoms with E-state index in [9.17, 15) is 9.90 Å². The predicted octanol–water partition coefficient (Wildman–Crippen LogP) is 3.54. The highest BCUT2D eigenvalue weighted by Crippen LogP contribution is 2.37. The predicted molar refractivity (Wildman–Crippen MR) is 84.1 cm³/mol. The Labute approximate surface area is 127 Å². The molecule has 3 atom stereocenters. The van der Waals surface area contributed by atoms with Crippen molar-refractivity contribution in [3.05, 3.63) is 16.8 Å². The van der Waals surface area contributed by atoms with E-state index in [0.29, 0.717) is 22.8 Å². The Bertz CT molecular complexity index is 698. The van der Waals surface area contributed by atoms with Crippen LogP contribution in [-0.4, -0.2) is 27.1 Å². The molecule has 1 aliphatic carbocycles. The van der Waals surface area contributed by atoms with Gasteiger partial charge in [-0.2, -0.15) is 0 Å². The molecule has 5 nitrogen and oxygen atoms in total. The molecule has 0 radical (unpaired) electrons. The van der Waals surface area contributed by atoms with Crippen molar-refractivity contribution in [2.75, 3.05) is 5.32 Å². The fraction of sp³-hybridized carbons (Fsp3) is 0.533. The number of anilines is 1. The number of nitrogens with one attached hydrogen (secondary N) is 1. The van der Waals surface area contributed by atoms with Gasteiger partial charge in [0.15, 0.2) is 0 Å². The zero-order valence-electron chi connectivity index (χ0n) is 12.4. The van der Waals surface area contributed by atoms with Crippen molar-refractivity contribution in [3.8, 4) is 0 Å². The molecule has 1 fully saturated rings. The highest BCUT2D eigenvalue weighted by Gasteiger charge is 2.30. The second-order valence-electron chi connectivity index (χ2n) is 5.93. The average Bonchev–Trinajstić information content (AvgIpc) is 2.95. The topological polar surface area (TPSA) is 75.1 Å². The molecule has 3 rings (SSSR count). The Kier molecular flexibility index (Phi) is 3.57. The first kappa shape index (κ1) is 14.3. The third-order valence-corrected chi connectivity index (χ3v) is 5.90. The van der Waals surface area contributed by atoms with Gasteiger partial charge in [0.1, 0.15) is 21.9 Å². The number of hydrogen-bond acceptors (Lipinski definition) is 5. The Morgan fingerprint density at radius 3 is 2.76 bits per heavy atom. The monoisotopic (exact) mass is 305 g/mol. The van der Waals surface area contributed by atoms with Crippen LogP contribution in [0.2, 0.25) is 0 Å². The van der Waals surface area contributed by atoms with Crippen molar-refractivity contribution >= 4 is 33.3 Å². The minimum absolute atomic E-state index is 0.349. The molecule has 6 heteroatoms. The lowest BCUT2D eigenvalue weighted by Crippen LogP contribution is -2.24. The summed E-state index contributed by atoms with van der Waals surface area (Å²) in [5.74, 6) is 1.17. The summed E-state index contributed by atoms with van der Waals surface area (Å²) in [7, 11) is 0. The van der Waals surface area contributed by atoms with Gasteiger partial charge in [0, 0.05) is 6.04 Å².